The molecule has 0 aromatic rings. The van der Waals surface area contributed by atoms with Gasteiger partial charge < -0.3 is 4.65 Å². The van der Waals surface area contributed by atoms with Crippen LogP contribution >= 0.6 is 0 Å². The Morgan fingerprint density at radius 1 is 1.25 bits per heavy atom. The third-order valence-corrected chi connectivity index (χ3v) is 2.02. The van der Waals surface area contributed by atoms with Crippen LogP contribution in [0.1, 0.15) is 40.5 Å². The molecule has 0 saturated heterocycles. The molecule has 1 unspecified atom stereocenters. The first-order chi connectivity index (χ1) is 5.56. The molecule has 72 valence electrons. The van der Waals surface area contributed by atoms with Gasteiger partial charge in [0.05, 0.1) is 0 Å². The lowest BCUT2D eigenvalue weighted by molar-refractivity contribution is 0.241. The third kappa shape index (κ3) is 6.72. The van der Waals surface area contributed by atoms with Crippen molar-refractivity contribution in [1.82, 2.24) is 0 Å². The SMILES string of the molecule is CCCC(C)CB(C)OC(C)C. The van der Waals surface area contributed by atoms with Crippen molar-refractivity contribution in [2.75, 3.05) is 0 Å². The van der Waals surface area contributed by atoms with Crippen LogP contribution in [0.4, 0.5) is 0 Å². The minimum Gasteiger partial charge on any atom is -0.434 e. The summed E-state index contributed by atoms with van der Waals surface area (Å²) < 4.78 is 5.67. The maximum atomic E-state index is 5.67. The van der Waals surface area contributed by atoms with Gasteiger partial charge in [-0.15, -0.1) is 0 Å². The minimum atomic E-state index is 0.369. The van der Waals surface area contributed by atoms with Crippen LogP contribution in [-0.2, 0) is 4.65 Å². The molecule has 0 spiro atoms. The standard InChI is InChI=1S/C10H23BO/c1-6-7-10(4)8-11(5)12-9(2)3/h9-10H,6-8H2,1-5H3. The van der Waals surface area contributed by atoms with E-state index in [4.69, 9.17) is 4.65 Å². The summed E-state index contributed by atoms with van der Waals surface area (Å²) in [5.74, 6) is 0.809. The van der Waals surface area contributed by atoms with E-state index in [9.17, 15) is 0 Å². The molecule has 0 aromatic carbocycles. The molecule has 1 nitrogen and oxygen atoms in total. The second-order valence-electron chi connectivity index (χ2n) is 4.13. The zero-order valence-corrected chi connectivity index (χ0v) is 9.26. The van der Waals surface area contributed by atoms with Crippen LogP contribution < -0.4 is 0 Å². The van der Waals surface area contributed by atoms with Crippen molar-refractivity contribution < 1.29 is 4.65 Å². The lowest BCUT2D eigenvalue weighted by atomic mass is 9.63. The molecule has 0 fully saturated rings. The molecule has 0 N–H and O–H groups in total. The van der Waals surface area contributed by atoms with Gasteiger partial charge >= 0.3 is 0 Å². The number of hydrogen-bond donors (Lipinski definition) is 0. The molecule has 0 aliphatic rings. The number of hydrogen-bond acceptors (Lipinski definition) is 1. The van der Waals surface area contributed by atoms with E-state index in [-0.39, 0.29) is 0 Å². The summed E-state index contributed by atoms with van der Waals surface area (Å²) in [6, 6.07) is 0. The molecule has 0 amide bonds. The molecule has 0 rings (SSSR count). The van der Waals surface area contributed by atoms with Crippen molar-refractivity contribution in [3.8, 4) is 0 Å². The van der Waals surface area contributed by atoms with Crippen LogP contribution in [0.3, 0.4) is 0 Å². The van der Waals surface area contributed by atoms with E-state index in [0.717, 1.165) is 5.92 Å². The largest absolute Gasteiger partial charge is 0.434 e. The Kier molecular flexibility index (Phi) is 6.54. The normalized spacial score (nSPS) is 13.5. The van der Waals surface area contributed by atoms with Crippen LogP contribution in [0.2, 0.25) is 13.1 Å². The molecule has 0 radical (unpaired) electrons. The van der Waals surface area contributed by atoms with Gasteiger partial charge in [0.2, 0.25) is 0 Å². The molecular weight excluding hydrogens is 147 g/mol. The Hall–Kier alpha value is 0.0249. The van der Waals surface area contributed by atoms with Crippen LogP contribution in [0.5, 0.6) is 0 Å². The number of rotatable bonds is 6. The third-order valence-electron chi connectivity index (χ3n) is 2.02. The summed E-state index contributed by atoms with van der Waals surface area (Å²) in [6.07, 6.45) is 4.18. The average molecular weight is 170 g/mol. The van der Waals surface area contributed by atoms with Gasteiger partial charge in [-0.2, -0.15) is 0 Å². The quantitative estimate of drug-likeness (QED) is 0.554. The van der Waals surface area contributed by atoms with Gasteiger partial charge in [-0.25, -0.2) is 0 Å². The zero-order chi connectivity index (χ0) is 9.56. The summed E-state index contributed by atoms with van der Waals surface area (Å²) >= 11 is 0. The summed E-state index contributed by atoms with van der Waals surface area (Å²) in [5.41, 5.74) is 0. The van der Waals surface area contributed by atoms with Crippen LogP contribution in [-0.4, -0.2) is 13.0 Å². The van der Waals surface area contributed by atoms with Crippen LogP contribution in [0.15, 0.2) is 0 Å². The summed E-state index contributed by atoms with van der Waals surface area (Å²) in [7, 11) is 0. The van der Waals surface area contributed by atoms with E-state index in [0.29, 0.717) is 13.0 Å². The molecule has 0 bridgehead atoms. The van der Waals surface area contributed by atoms with Crippen molar-refractivity contribution in [1.29, 1.82) is 0 Å². The molecular formula is C10H23BO. The van der Waals surface area contributed by atoms with Gasteiger partial charge in [-0.05, 0) is 26.1 Å². The van der Waals surface area contributed by atoms with Gasteiger partial charge in [0.1, 0.15) is 0 Å². The maximum absolute atomic E-state index is 5.67. The van der Waals surface area contributed by atoms with Gasteiger partial charge in [0, 0.05) is 6.10 Å². The fraction of sp³-hybridized carbons (Fsp3) is 1.00. The Balaban J connectivity index is 3.46. The van der Waals surface area contributed by atoms with E-state index in [1.165, 1.54) is 19.2 Å². The van der Waals surface area contributed by atoms with Gasteiger partial charge in [-0.1, -0.05) is 33.5 Å². The smallest absolute Gasteiger partial charge is 0.290 e. The van der Waals surface area contributed by atoms with Crippen LogP contribution in [0, 0.1) is 5.92 Å². The predicted octanol–water partition coefficient (Wildman–Crippen LogP) is 3.47. The Bertz CT molecular complexity index is 104. The first kappa shape index (κ1) is 12.0. The molecule has 1 atom stereocenters. The van der Waals surface area contributed by atoms with Crippen molar-refractivity contribution in [2.24, 2.45) is 5.92 Å². The Labute approximate surface area is 78.0 Å². The van der Waals surface area contributed by atoms with Crippen LogP contribution in [0.25, 0.3) is 0 Å². The van der Waals surface area contributed by atoms with Crippen molar-refractivity contribution in [3.63, 3.8) is 0 Å². The van der Waals surface area contributed by atoms with Crippen molar-refractivity contribution >= 4 is 6.92 Å². The molecule has 0 aliphatic heterocycles. The van der Waals surface area contributed by atoms with Crippen molar-refractivity contribution in [3.05, 3.63) is 0 Å². The molecule has 12 heavy (non-hydrogen) atoms. The van der Waals surface area contributed by atoms with E-state index in [2.05, 4.69) is 34.5 Å². The highest BCUT2D eigenvalue weighted by Crippen LogP contribution is 2.14. The average Bonchev–Trinajstić information content (AvgIpc) is 1.84. The first-order valence-electron chi connectivity index (χ1n) is 5.21. The molecule has 0 aromatic heterocycles. The van der Waals surface area contributed by atoms with Gasteiger partial charge in [0.25, 0.3) is 6.92 Å². The molecule has 0 heterocycles. The van der Waals surface area contributed by atoms with Crippen molar-refractivity contribution in [2.45, 2.75) is 59.8 Å². The maximum Gasteiger partial charge on any atom is 0.290 e. The van der Waals surface area contributed by atoms with E-state index in [1.54, 1.807) is 0 Å². The molecule has 0 saturated carbocycles. The monoisotopic (exact) mass is 170 g/mol. The minimum absolute atomic E-state index is 0.369. The first-order valence-corrected chi connectivity index (χ1v) is 5.21. The highest BCUT2D eigenvalue weighted by Gasteiger charge is 2.13. The van der Waals surface area contributed by atoms with E-state index < -0.39 is 0 Å². The summed E-state index contributed by atoms with van der Waals surface area (Å²) in [5, 5.41) is 0. The highest BCUT2D eigenvalue weighted by atomic mass is 16.4. The Morgan fingerprint density at radius 3 is 2.25 bits per heavy atom. The fourth-order valence-electron chi connectivity index (χ4n) is 1.70. The topological polar surface area (TPSA) is 9.23 Å². The second kappa shape index (κ2) is 6.53. The fourth-order valence-corrected chi connectivity index (χ4v) is 1.70. The molecule has 0 aliphatic carbocycles. The van der Waals surface area contributed by atoms with E-state index >= 15 is 0 Å². The Morgan fingerprint density at radius 2 is 1.83 bits per heavy atom. The van der Waals surface area contributed by atoms with Gasteiger partial charge in [-0.3, -0.25) is 0 Å². The predicted molar refractivity (Wildman–Crippen MR) is 56.7 cm³/mol. The summed E-state index contributed by atoms with van der Waals surface area (Å²) in [4.78, 5) is 0. The second-order valence-corrected chi connectivity index (χ2v) is 4.13. The summed E-state index contributed by atoms with van der Waals surface area (Å²) in [6.45, 7) is 11.3. The highest BCUT2D eigenvalue weighted by molar-refractivity contribution is 6.50. The zero-order valence-electron chi connectivity index (χ0n) is 9.26. The lowest BCUT2D eigenvalue weighted by Crippen LogP contribution is -2.20. The lowest BCUT2D eigenvalue weighted by Gasteiger charge is -2.16. The van der Waals surface area contributed by atoms with Gasteiger partial charge in [0.15, 0.2) is 0 Å². The van der Waals surface area contributed by atoms with E-state index in [1.807, 2.05) is 0 Å². The molecule has 2 heteroatoms.